The highest BCUT2D eigenvalue weighted by Gasteiger charge is 2.26. The Morgan fingerprint density at radius 2 is 2.36 bits per heavy atom. The van der Waals surface area contributed by atoms with E-state index in [4.69, 9.17) is 0 Å². The van der Waals surface area contributed by atoms with Gasteiger partial charge in [-0.05, 0) is 20.8 Å². The van der Waals surface area contributed by atoms with Crippen LogP contribution < -0.4 is 5.32 Å². The molecule has 1 aromatic heterocycles. The number of aromatic nitrogens is 1. The van der Waals surface area contributed by atoms with Crippen molar-refractivity contribution in [3.8, 4) is 0 Å². The molecule has 0 radical (unpaired) electrons. The molecule has 3 nitrogen and oxygen atoms in total. The fourth-order valence-corrected chi connectivity index (χ4v) is 1.83. The summed E-state index contributed by atoms with van der Waals surface area (Å²) in [5.41, 5.74) is -0.396. The number of nitrogens with zero attached hydrogens (tertiary/aromatic N) is 1. The molecule has 0 aromatic carbocycles. The van der Waals surface area contributed by atoms with E-state index >= 15 is 0 Å². The van der Waals surface area contributed by atoms with E-state index in [1.807, 2.05) is 19.2 Å². The number of halogens is 1. The van der Waals surface area contributed by atoms with Gasteiger partial charge >= 0.3 is 0 Å². The van der Waals surface area contributed by atoms with Crippen LogP contribution in [0.15, 0.2) is 11.6 Å². The zero-order valence-corrected chi connectivity index (χ0v) is 10.8. The molecule has 78 valence electrons. The number of rotatable bonds is 3. The molecule has 1 heterocycles. The summed E-state index contributed by atoms with van der Waals surface area (Å²) in [7, 11) is 0. The predicted molar refractivity (Wildman–Crippen MR) is 61.7 cm³/mol. The molecular weight excluding hydrogens is 264 g/mol. The third-order valence-electron chi connectivity index (χ3n) is 1.76. The first kappa shape index (κ1) is 11.7. The van der Waals surface area contributed by atoms with Crippen LogP contribution in [-0.2, 0) is 10.3 Å². The van der Waals surface area contributed by atoms with Crippen molar-refractivity contribution < 1.29 is 4.79 Å². The maximum Gasteiger partial charge on any atom is 0.234 e. The first-order chi connectivity index (χ1) is 6.43. The lowest BCUT2D eigenvalue weighted by atomic mass is 10.1. The molecule has 0 bridgehead atoms. The molecular formula is C9H13BrN2OS. The number of nitrogens with one attached hydrogen (secondary N) is 1. The van der Waals surface area contributed by atoms with Gasteiger partial charge in [0.1, 0.15) is 5.01 Å². The molecule has 14 heavy (non-hydrogen) atoms. The smallest absolute Gasteiger partial charge is 0.234 e. The zero-order chi connectivity index (χ0) is 10.8. The first-order valence-corrected chi connectivity index (χ1v) is 6.09. The Balaban J connectivity index is 2.72. The molecule has 1 atom stereocenters. The average Bonchev–Trinajstić information content (AvgIpc) is 2.54. The molecule has 0 saturated carbocycles. The third kappa shape index (κ3) is 2.78. The highest BCUT2D eigenvalue weighted by atomic mass is 79.9. The van der Waals surface area contributed by atoms with E-state index in [1.165, 1.54) is 0 Å². The van der Waals surface area contributed by atoms with Crippen LogP contribution in [0.2, 0.25) is 0 Å². The van der Waals surface area contributed by atoms with Gasteiger partial charge in [0.25, 0.3) is 0 Å². The van der Waals surface area contributed by atoms with Crippen molar-refractivity contribution in [3.63, 3.8) is 0 Å². The summed E-state index contributed by atoms with van der Waals surface area (Å²) < 4.78 is 0. The van der Waals surface area contributed by atoms with Crippen LogP contribution >= 0.6 is 27.3 Å². The fraction of sp³-hybridized carbons (Fsp3) is 0.556. The molecule has 0 aliphatic rings. The van der Waals surface area contributed by atoms with Crippen molar-refractivity contribution in [2.75, 3.05) is 0 Å². The average molecular weight is 277 g/mol. The van der Waals surface area contributed by atoms with E-state index in [-0.39, 0.29) is 10.7 Å². The van der Waals surface area contributed by atoms with Gasteiger partial charge in [-0.3, -0.25) is 4.79 Å². The Kier molecular flexibility index (Phi) is 3.66. The normalized spacial score (nSPS) is 13.7. The largest absolute Gasteiger partial charge is 0.344 e. The number of thiazole rings is 1. The molecule has 1 rings (SSSR count). The summed E-state index contributed by atoms with van der Waals surface area (Å²) in [6, 6.07) is 0. The monoisotopic (exact) mass is 276 g/mol. The summed E-state index contributed by atoms with van der Waals surface area (Å²) in [6.45, 7) is 5.69. The van der Waals surface area contributed by atoms with Crippen molar-refractivity contribution in [2.24, 2.45) is 0 Å². The number of amides is 1. The van der Waals surface area contributed by atoms with Gasteiger partial charge in [-0.2, -0.15) is 0 Å². The Morgan fingerprint density at radius 1 is 1.71 bits per heavy atom. The van der Waals surface area contributed by atoms with Gasteiger partial charge in [-0.15, -0.1) is 11.3 Å². The first-order valence-electron chi connectivity index (χ1n) is 4.29. The van der Waals surface area contributed by atoms with E-state index in [0.29, 0.717) is 0 Å². The second-order valence-corrected chi connectivity index (χ2v) is 5.84. The number of carbonyl (C=O) groups excluding carboxylic acids is 1. The van der Waals surface area contributed by atoms with Gasteiger partial charge < -0.3 is 5.32 Å². The van der Waals surface area contributed by atoms with Crippen LogP contribution in [0.3, 0.4) is 0 Å². The number of alkyl halides is 1. The van der Waals surface area contributed by atoms with Gasteiger partial charge in [-0.25, -0.2) is 4.98 Å². The SMILES string of the molecule is CC(Br)C(=O)NC(C)(C)c1nccs1. The van der Waals surface area contributed by atoms with Crippen LogP contribution in [0, 0.1) is 0 Å². The second-order valence-electron chi connectivity index (χ2n) is 3.57. The molecule has 0 aliphatic carbocycles. The lowest BCUT2D eigenvalue weighted by Gasteiger charge is -2.24. The molecule has 1 amide bonds. The van der Waals surface area contributed by atoms with Gasteiger partial charge in [0.05, 0.1) is 10.4 Å². The van der Waals surface area contributed by atoms with Crippen LogP contribution in [-0.4, -0.2) is 15.7 Å². The van der Waals surface area contributed by atoms with Crippen molar-refractivity contribution in [3.05, 3.63) is 16.6 Å². The maximum absolute atomic E-state index is 11.5. The minimum atomic E-state index is -0.396. The zero-order valence-electron chi connectivity index (χ0n) is 8.37. The number of hydrogen-bond donors (Lipinski definition) is 1. The van der Waals surface area contributed by atoms with Crippen molar-refractivity contribution in [1.82, 2.24) is 10.3 Å². The van der Waals surface area contributed by atoms with Crippen LogP contribution in [0.4, 0.5) is 0 Å². The summed E-state index contributed by atoms with van der Waals surface area (Å²) in [6.07, 6.45) is 1.74. The quantitative estimate of drug-likeness (QED) is 0.861. The van der Waals surface area contributed by atoms with E-state index in [1.54, 1.807) is 24.5 Å². The molecule has 1 unspecified atom stereocenters. The standard InChI is InChI=1S/C9H13BrN2OS/c1-6(10)7(13)12-9(2,3)8-11-4-5-14-8/h4-6H,1-3H3,(H,12,13). The van der Waals surface area contributed by atoms with Gasteiger partial charge in [-0.1, -0.05) is 15.9 Å². The molecule has 1 aromatic rings. The van der Waals surface area contributed by atoms with Gasteiger partial charge in [0, 0.05) is 11.6 Å². The van der Waals surface area contributed by atoms with Crippen LogP contribution in [0.25, 0.3) is 0 Å². The Labute approximate surface area is 96.1 Å². The highest BCUT2D eigenvalue weighted by molar-refractivity contribution is 9.10. The molecule has 5 heteroatoms. The van der Waals surface area contributed by atoms with Crippen molar-refractivity contribution in [2.45, 2.75) is 31.1 Å². The minimum absolute atomic E-state index is 0.0230. The predicted octanol–water partition coefficient (Wildman–Crippen LogP) is 2.28. The molecule has 0 spiro atoms. The summed E-state index contributed by atoms with van der Waals surface area (Å²) in [5, 5.41) is 5.74. The molecule has 0 aliphatic heterocycles. The maximum atomic E-state index is 11.5. The van der Waals surface area contributed by atoms with E-state index < -0.39 is 5.54 Å². The van der Waals surface area contributed by atoms with Crippen LogP contribution in [0.1, 0.15) is 25.8 Å². The molecule has 0 fully saturated rings. The van der Waals surface area contributed by atoms with Crippen LogP contribution in [0.5, 0.6) is 0 Å². The molecule has 0 saturated heterocycles. The summed E-state index contributed by atoms with van der Waals surface area (Å²) >= 11 is 4.77. The Hall–Kier alpha value is -0.420. The van der Waals surface area contributed by atoms with E-state index in [2.05, 4.69) is 26.2 Å². The van der Waals surface area contributed by atoms with Gasteiger partial charge in [0.15, 0.2) is 0 Å². The fourth-order valence-electron chi connectivity index (χ4n) is 0.993. The Bertz CT molecular complexity index is 309. The lowest BCUT2D eigenvalue weighted by molar-refractivity contribution is -0.121. The lowest BCUT2D eigenvalue weighted by Crippen LogP contribution is -2.43. The molecule has 1 N–H and O–H groups in total. The Morgan fingerprint density at radius 3 is 2.79 bits per heavy atom. The highest BCUT2D eigenvalue weighted by Crippen LogP contribution is 2.22. The number of hydrogen-bond acceptors (Lipinski definition) is 3. The summed E-state index contributed by atoms with van der Waals surface area (Å²) in [4.78, 5) is 15.5. The van der Waals surface area contributed by atoms with E-state index in [9.17, 15) is 4.79 Å². The van der Waals surface area contributed by atoms with E-state index in [0.717, 1.165) is 5.01 Å². The third-order valence-corrected chi connectivity index (χ3v) is 3.28. The topological polar surface area (TPSA) is 42.0 Å². The van der Waals surface area contributed by atoms with Crippen molar-refractivity contribution in [1.29, 1.82) is 0 Å². The number of carbonyl (C=O) groups is 1. The second kappa shape index (κ2) is 4.40. The minimum Gasteiger partial charge on any atom is -0.344 e. The summed E-state index contributed by atoms with van der Waals surface area (Å²) in [5.74, 6) is -0.0230. The van der Waals surface area contributed by atoms with Gasteiger partial charge in [0.2, 0.25) is 5.91 Å². The van der Waals surface area contributed by atoms with Crippen molar-refractivity contribution >= 4 is 33.2 Å².